The summed E-state index contributed by atoms with van der Waals surface area (Å²) in [5, 5.41) is 118. The van der Waals surface area contributed by atoms with Crippen molar-refractivity contribution >= 4 is 7.82 Å². The zero-order chi connectivity index (χ0) is 27.9. The van der Waals surface area contributed by atoms with Crippen molar-refractivity contribution in [1.29, 1.82) is 0 Å². The van der Waals surface area contributed by atoms with E-state index in [1.54, 1.807) is 21.1 Å². The normalized spacial score (nSPS) is 42.7. The van der Waals surface area contributed by atoms with Gasteiger partial charge in [-0.15, -0.1) is 0 Å². The number of hydroxylamine groups is 3. The van der Waals surface area contributed by atoms with Crippen LogP contribution in [0.4, 0.5) is 0 Å². The van der Waals surface area contributed by atoms with Crippen LogP contribution >= 0.6 is 7.82 Å². The van der Waals surface area contributed by atoms with Crippen LogP contribution in [0.5, 0.6) is 0 Å². The molecule has 0 unspecified atom stereocenters. The number of phosphoric acid groups is 1. The standard InChI is InChI=1S/2C6H12O6.C3H9NO.H3O4P/c2*7-1-2(8)4(10)6(12)5(11)3(1)9;1-4(2,3)5;1-5(2,3)4/h2*1-12H;1-3H3;(H3,1,2,3,4). The number of quaternary nitrogens is 1. The summed E-state index contributed by atoms with van der Waals surface area (Å²) in [5.41, 5.74) is 0. The molecule has 2 rings (SSSR count). The Bertz CT molecular complexity index is 449. The molecular weight excluding hydrogens is 497 g/mol. The molecule has 0 heterocycles. The molecule has 0 atom stereocenters. The Morgan fingerprint density at radius 1 is 0.441 bits per heavy atom. The lowest BCUT2D eigenvalue weighted by molar-refractivity contribution is -0.818. The molecule has 0 spiro atoms. The SMILES string of the molecule is C[N+](C)(C)[O-].O=P(O)(O)O.OC1C(O)C(O)C(O)C(O)C1O.OC1C(O)C(O)C(O)C(O)C1O. The minimum Gasteiger partial charge on any atom is -0.633 e. The van der Waals surface area contributed by atoms with Gasteiger partial charge in [-0.3, -0.25) is 0 Å². The molecule has 2 fully saturated rings. The smallest absolute Gasteiger partial charge is 0.466 e. The van der Waals surface area contributed by atoms with E-state index in [-0.39, 0.29) is 4.65 Å². The van der Waals surface area contributed by atoms with Gasteiger partial charge in [-0.2, -0.15) is 0 Å². The summed E-state index contributed by atoms with van der Waals surface area (Å²) in [6, 6.07) is 0. The number of hydrogen-bond donors (Lipinski definition) is 15. The Morgan fingerprint density at radius 3 is 0.500 bits per heavy atom. The summed E-state index contributed by atoms with van der Waals surface area (Å²) < 4.78 is 8.63. The molecule has 0 aromatic heterocycles. The topological polar surface area (TPSA) is 344 Å². The molecule has 2 saturated carbocycles. The van der Waals surface area contributed by atoms with E-state index < -0.39 is 81.1 Å². The number of rotatable bonds is 0. The largest absolute Gasteiger partial charge is 0.633 e. The minimum absolute atomic E-state index is 0.250. The fraction of sp³-hybridized carbons (Fsp3) is 1.00. The first-order valence-corrected chi connectivity index (χ1v) is 11.0. The first kappa shape index (κ1) is 35.7. The highest BCUT2D eigenvalue weighted by atomic mass is 31.2. The van der Waals surface area contributed by atoms with E-state index in [1.165, 1.54) is 0 Å². The summed E-state index contributed by atoms with van der Waals surface area (Å²) in [7, 11) is 0.0694. The average molecular weight is 533 g/mol. The van der Waals surface area contributed by atoms with Gasteiger partial charge in [0.1, 0.15) is 73.2 Å². The van der Waals surface area contributed by atoms with Crippen LogP contribution in [0.1, 0.15) is 0 Å². The van der Waals surface area contributed by atoms with Gasteiger partial charge in [0.05, 0.1) is 21.1 Å². The predicted octanol–water partition coefficient (Wildman–Crippen LogP) is -8.41. The van der Waals surface area contributed by atoms with Gasteiger partial charge in [0.2, 0.25) is 0 Å². The fourth-order valence-electron chi connectivity index (χ4n) is 2.42. The molecule has 2 aliphatic carbocycles. The van der Waals surface area contributed by atoms with E-state index in [0.29, 0.717) is 0 Å². The Morgan fingerprint density at radius 2 is 0.471 bits per heavy atom. The first-order chi connectivity index (χ1) is 14.9. The molecule has 2 aliphatic rings. The van der Waals surface area contributed by atoms with Crippen LogP contribution in [0, 0.1) is 5.21 Å². The third-order valence-corrected chi connectivity index (χ3v) is 4.20. The van der Waals surface area contributed by atoms with Gasteiger partial charge in [-0.05, 0) is 0 Å². The Hall–Kier alpha value is -0.450. The summed E-state index contributed by atoms with van der Waals surface area (Å²) >= 11 is 0. The maximum Gasteiger partial charge on any atom is 0.466 e. The molecule has 15 N–H and O–H groups in total. The maximum atomic E-state index is 10.0. The van der Waals surface area contributed by atoms with Gasteiger partial charge in [0.15, 0.2) is 0 Å². The van der Waals surface area contributed by atoms with Crippen LogP contribution in [0.3, 0.4) is 0 Å². The highest BCUT2D eigenvalue weighted by Gasteiger charge is 2.48. The van der Waals surface area contributed by atoms with Gasteiger partial charge >= 0.3 is 7.82 Å². The zero-order valence-corrected chi connectivity index (χ0v) is 19.2. The van der Waals surface area contributed by atoms with Crippen LogP contribution in [-0.4, -0.2) is 175 Å². The van der Waals surface area contributed by atoms with E-state index >= 15 is 0 Å². The van der Waals surface area contributed by atoms with Crippen LogP contribution in [0.15, 0.2) is 0 Å². The third kappa shape index (κ3) is 13.0. The van der Waals surface area contributed by atoms with Gasteiger partial charge in [0.25, 0.3) is 0 Å². The molecule has 34 heavy (non-hydrogen) atoms. The lowest BCUT2D eigenvalue weighted by atomic mass is 9.85. The van der Waals surface area contributed by atoms with Crippen LogP contribution in [-0.2, 0) is 4.57 Å². The molecule has 0 saturated heterocycles. The maximum absolute atomic E-state index is 10.0. The molecule has 0 aromatic carbocycles. The van der Waals surface area contributed by atoms with E-state index in [0.717, 1.165) is 0 Å². The second kappa shape index (κ2) is 14.3. The highest BCUT2D eigenvalue weighted by Crippen LogP contribution is 2.26. The summed E-state index contributed by atoms with van der Waals surface area (Å²) in [6.07, 6.45) is -19.7. The molecule has 0 radical (unpaired) electrons. The van der Waals surface area contributed by atoms with Crippen molar-refractivity contribution in [3.05, 3.63) is 5.21 Å². The van der Waals surface area contributed by atoms with E-state index in [1.807, 2.05) is 0 Å². The molecule has 19 heteroatoms. The van der Waals surface area contributed by atoms with E-state index in [2.05, 4.69) is 0 Å². The van der Waals surface area contributed by atoms with Crippen LogP contribution < -0.4 is 0 Å². The highest BCUT2D eigenvalue weighted by molar-refractivity contribution is 7.45. The lowest BCUT2D eigenvalue weighted by Gasteiger charge is -2.39. The first-order valence-electron chi connectivity index (χ1n) is 9.41. The number of aliphatic hydroxyl groups excluding tert-OH is 12. The van der Waals surface area contributed by atoms with Gasteiger partial charge < -0.3 is 85.8 Å². The zero-order valence-electron chi connectivity index (χ0n) is 18.3. The minimum atomic E-state index is -4.64. The van der Waals surface area contributed by atoms with Crippen LogP contribution in [0.2, 0.25) is 0 Å². The van der Waals surface area contributed by atoms with Crippen molar-refractivity contribution in [2.24, 2.45) is 0 Å². The second-order valence-corrected chi connectivity index (χ2v) is 9.32. The fourth-order valence-corrected chi connectivity index (χ4v) is 2.42. The van der Waals surface area contributed by atoms with Crippen LogP contribution in [0.25, 0.3) is 0 Å². The summed E-state index contributed by atoms with van der Waals surface area (Å²) in [4.78, 5) is 21.6. The van der Waals surface area contributed by atoms with Crippen molar-refractivity contribution in [2.45, 2.75) is 73.2 Å². The molecule has 0 amide bonds. The van der Waals surface area contributed by atoms with Crippen molar-refractivity contribution in [2.75, 3.05) is 21.1 Å². The Labute approximate surface area is 193 Å². The molecule has 0 bridgehead atoms. The van der Waals surface area contributed by atoms with Crippen molar-refractivity contribution in [3.63, 3.8) is 0 Å². The molecule has 18 nitrogen and oxygen atoms in total. The van der Waals surface area contributed by atoms with Gasteiger partial charge in [0, 0.05) is 0 Å². The monoisotopic (exact) mass is 533 g/mol. The summed E-state index contributed by atoms with van der Waals surface area (Å²) in [5.74, 6) is 0. The summed E-state index contributed by atoms with van der Waals surface area (Å²) in [6.45, 7) is 0. The van der Waals surface area contributed by atoms with Crippen molar-refractivity contribution in [3.8, 4) is 0 Å². The number of aliphatic hydroxyl groups is 12. The predicted molar refractivity (Wildman–Crippen MR) is 108 cm³/mol. The Balaban J connectivity index is 0. The van der Waals surface area contributed by atoms with Gasteiger partial charge in [-0.1, -0.05) is 0 Å². The van der Waals surface area contributed by atoms with Crippen molar-refractivity contribution < 1.29 is 85.2 Å². The van der Waals surface area contributed by atoms with E-state index in [4.69, 9.17) is 80.5 Å². The van der Waals surface area contributed by atoms with E-state index in [9.17, 15) is 5.21 Å². The van der Waals surface area contributed by atoms with Gasteiger partial charge in [-0.25, -0.2) is 4.57 Å². The molecule has 0 aromatic rings. The third-order valence-electron chi connectivity index (χ3n) is 4.20. The molecular formula is C15H36NO17P. The second-order valence-electron chi connectivity index (χ2n) is 8.29. The Kier molecular flexibility index (Phi) is 15.1. The average Bonchev–Trinajstić information content (AvgIpc) is 2.68. The van der Waals surface area contributed by atoms with Crippen molar-refractivity contribution in [1.82, 2.24) is 0 Å². The number of nitrogens with zero attached hydrogens (tertiary/aromatic N) is 1. The molecule has 0 aliphatic heterocycles. The quantitative estimate of drug-likeness (QED) is 0.0780. The lowest BCUT2D eigenvalue weighted by Crippen LogP contribution is -2.63. The molecule has 208 valence electrons. The number of hydrogen-bond acceptors (Lipinski definition) is 14.